The summed E-state index contributed by atoms with van der Waals surface area (Å²) in [6, 6.07) is 15.2. The molecule has 29 heavy (non-hydrogen) atoms. The lowest BCUT2D eigenvalue weighted by molar-refractivity contribution is -0.384. The van der Waals surface area contributed by atoms with Gasteiger partial charge in [-0.15, -0.1) is 0 Å². The lowest BCUT2D eigenvalue weighted by atomic mass is 10.1. The number of para-hydroxylation sites is 1. The highest BCUT2D eigenvalue weighted by Gasteiger charge is 2.25. The van der Waals surface area contributed by atoms with Crippen LogP contribution in [0.4, 0.5) is 5.69 Å². The average molecular weight is 500 g/mol. The first-order chi connectivity index (χ1) is 13.9. The molecule has 1 aliphatic heterocycles. The van der Waals surface area contributed by atoms with E-state index >= 15 is 0 Å². The number of nitro groups is 1. The summed E-state index contributed by atoms with van der Waals surface area (Å²) in [6.45, 7) is 1.96. The van der Waals surface area contributed by atoms with Crippen LogP contribution in [0.1, 0.15) is 16.9 Å². The van der Waals surface area contributed by atoms with Crippen molar-refractivity contribution in [3.63, 3.8) is 0 Å². The van der Waals surface area contributed by atoms with E-state index in [1.165, 1.54) is 12.1 Å². The molecule has 0 amide bonds. The number of esters is 1. The largest absolute Gasteiger partial charge is 0.456 e. The van der Waals surface area contributed by atoms with Gasteiger partial charge in [0, 0.05) is 21.3 Å². The molecule has 1 aliphatic rings. The molecule has 0 unspecified atom stereocenters. The van der Waals surface area contributed by atoms with Gasteiger partial charge in [-0.05, 0) is 71.5 Å². The van der Waals surface area contributed by atoms with Crippen molar-refractivity contribution in [2.45, 2.75) is 6.92 Å². The number of hydrogen-bond acceptors (Lipinski definition) is 6. The normalized spacial score (nSPS) is 14.8. The highest BCUT2D eigenvalue weighted by Crippen LogP contribution is 2.31. The Labute approximate surface area is 179 Å². The summed E-state index contributed by atoms with van der Waals surface area (Å²) in [7, 11) is 0. The molecule has 2 heterocycles. The lowest BCUT2D eigenvalue weighted by Gasteiger charge is -2.02. The number of nitrogens with zero attached hydrogens (tertiary/aromatic N) is 2. The van der Waals surface area contributed by atoms with Crippen LogP contribution >= 0.6 is 22.6 Å². The number of carbonyl (C=O) groups is 1. The van der Waals surface area contributed by atoms with Crippen molar-refractivity contribution >= 4 is 46.2 Å². The van der Waals surface area contributed by atoms with Gasteiger partial charge in [0.2, 0.25) is 5.90 Å². The van der Waals surface area contributed by atoms with Gasteiger partial charge >= 0.3 is 5.97 Å². The number of hydrogen-bond donors (Lipinski definition) is 0. The van der Waals surface area contributed by atoms with Crippen LogP contribution in [0.15, 0.2) is 69.7 Å². The van der Waals surface area contributed by atoms with Crippen LogP contribution in [0.5, 0.6) is 0 Å². The Morgan fingerprint density at radius 1 is 1.14 bits per heavy atom. The van der Waals surface area contributed by atoms with Crippen molar-refractivity contribution in [1.82, 2.24) is 0 Å². The number of rotatable bonds is 4. The quantitative estimate of drug-likeness (QED) is 0.163. The second-order valence-corrected chi connectivity index (χ2v) is 7.44. The fourth-order valence-electron chi connectivity index (χ4n) is 2.86. The molecule has 7 nitrogen and oxygen atoms in total. The molecule has 144 valence electrons. The van der Waals surface area contributed by atoms with Crippen molar-refractivity contribution in [3.8, 4) is 11.3 Å². The van der Waals surface area contributed by atoms with E-state index < -0.39 is 10.9 Å². The molecule has 0 aliphatic carbocycles. The van der Waals surface area contributed by atoms with Gasteiger partial charge < -0.3 is 9.15 Å². The highest BCUT2D eigenvalue weighted by molar-refractivity contribution is 14.1. The van der Waals surface area contributed by atoms with Gasteiger partial charge in [0.1, 0.15) is 11.5 Å². The van der Waals surface area contributed by atoms with Crippen LogP contribution in [-0.2, 0) is 9.53 Å². The summed E-state index contributed by atoms with van der Waals surface area (Å²) in [5, 5.41) is 11.2. The first-order valence-corrected chi connectivity index (χ1v) is 9.63. The fraction of sp³-hybridized carbons (Fsp3) is 0.0476. The van der Waals surface area contributed by atoms with Gasteiger partial charge in [0.05, 0.1) is 10.5 Å². The molecule has 3 aromatic rings. The maximum absolute atomic E-state index is 12.2. The number of halogens is 1. The Morgan fingerprint density at radius 2 is 1.93 bits per heavy atom. The van der Waals surface area contributed by atoms with Crippen LogP contribution in [0.25, 0.3) is 17.4 Å². The molecular formula is C21H13IN2O5. The number of cyclic esters (lactones) is 1. The maximum atomic E-state index is 12.2. The van der Waals surface area contributed by atoms with E-state index in [1.54, 1.807) is 30.3 Å². The Morgan fingerprint density at radius 3 is 2.69 bits per heavy atom. The SMILES string of the molecule is Cc1cc(C2=N/C(=C\c3ccc(-c4ccccc4[N+](=O)[O-])o3)C(=O)O2)ccc1I. The molecule has 0 spiro atoms. The molecule has 0 saturated heterocycles. The summed E-state index contributed by atoms with van der Waals surface area (Å²) < 4.78 is 12.1. The van der Waals surface area contributed by atoms with Crippen molar-refractivity contribution in [3.05, 3.63) is 90.9 Å². The molecule has 0 atom stereocenters. The molecule has 0 bridgehead atoms. The van der Waals surface area contributed by atoms with E-state index in [-0.39, 0.29) is 17.3 Å². The third-order valence-corrected chi connectivity index (χ3v) is 5.51. The van der Waals surface area contributed by atoms with E-state index in [1.807, 2.05) is 25.1 Å². The molecule has 8 heteroatoms. The lowest BCUT2D eigenvalue weighted by Crippen LogP contribution is -2.05. The molecule has 0 radical (unpaired) electrons. The summed E-state index contributed by atoms with van der Waals surface area (Å²) in [5.41, 5.74) is 2.16. The minimum Gasteiger partial charge on any atom is -0.456 e. The van der Waals surface area contributed by atoms with Gasteiger partial charge in [-0.2, -0.15) is 0 Å². The number of nitro benzene ring substituents is 1. The summed E-state index contributed by atoms with van der Waals surface area (Å²) >= 11 is 2.23. The average Bonchev–Trinajstić information content (AvgIpc) is 3.31. The fourth-order valence-corrected chi connectivity index (χ4v) is 3.20. The monoisotopic (exact) mass is 500 g/mol. The van der Waals surface area contributed by atoms with E-state index in [0.717, 1.165) is 9.13 Å². The van der Waals surface area contributed by atoms with Crippen LogP contribution in [0.2, 0.25) is 0 Å². The molecule has 0 N–H and O–H groups in total. The predicted octanol–water partition coefficient (Wildman–Crippen LogP) is 5.11. The van der Waals surface area contributed by atoms with E-state index in [9.17, 15) is 14.9 Å². The van der Waals surface area contributed by atoms with Crippen molar-refractivity contribution in [2.75, 3.05) is 0 Å². The van der Waals surface area contributed by atoms with E-state index in [4.69, 9.17) is 9.15 Å². The van der Waals surface area contributed by atoms with Gasteiger partial charge in [-0.1, -0.05) is 12.1 Å². The van der Waals surface area contributed by atoms with Crippen molar-refractivity contribution < 1.29 is 18.9 Å². The second kappa shape index (κ2) is 7.63. The zero-order valence-electron chi connectivity index (χ0n) is 15.1. The number of ether oxygens (including phenoxy) is 1. The zero-order valence-corrected chi connectivity index (χ0v) is 17.2. The predicted molar refractivity (Wildman–Crippen MR) is 115 cm³/mol. The third-order valence-electron chi connectivity index (χ3n) is 4.30. The van der Waals surface area contributed by atoms with Gasteiger partial charge in [-0.25, -0.2) is 9.79 Å². The number of furan rings is 1. The van der Waals surface area contributed by atoms with Crippen molar-refractivity contribution in [1.29, 1.82) is 0 Å². The Kier molecular flexibility index (Phi) is 5.01. The Bertz CT molecular complexity index is 1210. The summed E-state index contributed by atoms with van der Waals surface area (Å²) in [5.74, 6) is 0.313. The topological polar surface area (TPSA) is 94.9 Å². The molecular weight excluding hydrogens is 487 g/mol. The third kappa shape index (κ3) is 3.83. The van der Waals surface area contributed by atoms with Gasteiger partial charge in [0.15, 0.2) is 5.70 Å². The van der Waals surface area contributed by atoms with E-state index in [0.29, 0.717) is 22.6 Å². The summed E-state index contributed by atoms with van der Waals surface area (Å²) in [6.07, 6.45) is 1.45. The minimum absolute atomic E-state index is 0.0595. The number of aliphatic imine (C=N–C) groups is 1. The van der Waals surface area contributed by atoms with Gasteiger partial charge in [-0.3, -0.25) is 10.1 Å². The highest BCUT2D eigenvalue weighted by atomic mass is 127. The number of carbonyl (C=O) groups excluding carboxylic acids is 1. The summed E-state index contributed by atoms with van der Waals surface area (Å²) in [4.78, 5) is 27.2. The van der Waals surface area contributed by atoms with Crippen LogP contribution < -0.4 is 0 Å². The number of aryl methyl sites for hydroxylation is 1. The first-order valence-electron chi connectivity index (χ1n) is 8.55. The molecule has 2 aromatic carbocycles. The van der Waals surface area contributed by atoms with Crippen molar-refractivity contribution in [2.24, 2.45) is 4.99 Å². The van der Waals surface area contributed by atoms with E-state index in [2.05, 4.69) is 27.6 Å². The zero-order chi connectivity index (χ0) is 20.5. The second-order valence-electron chi connectivity index (χ2n) is 6.28. The molecule has 4 rings (SSSR count). The standard InChI is InChI=1S/C21H13IN2O5/c1-12-10-13(6-8-16(12)22)20-23-17(21(25)29-20)11-14-7-9-19(28-14)15-4-2-3-5-18(15)24(26)27/h2-11H,1H3/b17-11-. The van der Waals surface area contributed by atoms with Crippen LogP contribution in [-0.4, -0.2) is 16.8 Å². The molecule has 0 fully saturated rings. The smallest absolute Gasteiger partial charge is 0.363 e. The minimum atomic E-state index is -0.583. The van der Waals surface area contributed by atoms with Gasteiger partial charge in [0.25, 0.3) is 5.69 Å². The Balaban J connectivity index is 1.65. The number of benzene rings is 2. The molecule has 1 aromatic heterocycles. The van der Waals surface area contributed by atoms with Crippen LogP contribution in [0.3, 0.4) is 0 Å². The first kappa shape index (κ1) is 19.1. The molecule has 0 saturated carbocycles. The maximum Gasteiger partial charge on any atom is 0.363 e. The van der Waals surface area contributed by atoms with Crippen LogP contribution in [0, 0.1) is 20.6 Å². The Hall–Kier alpha value is -3.27.